The summed E-state index contributed by atoms with van der Waals surface area (Å²) in [7, 11) is 0. The molecule has 3 nitrogen and oxygen atoms in total. The van der Waals surface area contributed by atoms with E-state index in [0.29, 0.717) is 12.6 Å². The number of rotatable bonds is 4. The van der Waals surface area contributed by atoms with Crippen molar-refractivity contribution in [2.75, 3.05) is 6.61 Å². The van der Waals surface area contributed by atoms with Crippen LogP contribution in [0.2, 0.25) is 0 Å². The highest BCUT2D eigenvalue weighted by Crippen LogP contribution is 2.17. The molecule has 1 rings (SSSR count). The Morgan fingerprint density at radius 1 is 1.43 bits per heavy atom. The van der Waals surface area contributed by atoms with E-state index in [2.05, 4.69) is 5.32 Å². The maximum atomic E-state index is 10.9. The largest absolute Gasteiger partial charge is 0.463 e. The predicted molar refractivity (Wildman–Crippen MR) is 55.8 cm³/mol. The number of hydrogen-bond acceptors (Lipinski definition) is 3. The first-order chi connectivity index (χ1) is 6.83. The van der Waals surface area contributed by atoms with Crippen molar-refractivity contribution in [3.63, 3.8) is 0 Å². The predicted octanol–water partition coefficient (Wildman–Crippen LogP) is 1.99. The topological polar surface area (TPSA) is 38.3 Å². The highest BCUT2D eigenvalue weighted by atomic mass is 16.5. The van der Waals surface area contributed by atoms with Crippen LogP contribution in [-0.4, -0.2) is 18.6 Å². The Hall–Kier alpha value is -0.990. The van der Waals surface area contributed by atoms with E-state index in [0.717, 1.165) is 0 Å². The van der Waals surface area contributed by atoms with Crippen LogP contribution in [-0.2, 0) is 9.53 Å². The molecule has 0 radical (unpaired) electrons. The second-order valence-corrected chi connectivity index (χ2v) is 3.59. The van der Waals surface area contributed by atoms with Gasteiger partial charge in [0.15, 0.2) is 0 Å². The summed E-state index contributed by atoms with van der Waals surface area (Å²) in [4.78, 5) is 10.9. The summed E-state index contributed by atoms with van der Waals surface area (Å²) in [6.07, 6.45) is 9.54. The number of carbonyl (C=O) groups is 1. The van der Waals surface area contributed by atoms with Crippen LogP contribution in [0, 0.1) is 0 Å². The molecular formula is C11H19NO2. The zero-order chi connectivity index (χ0) is 10.2. The molecule has 0 aliphatic heterocycles. The van der Waals surface area contributed by atoms with E-state index in [1.165, 1.54) is 38.2 Å². The summed E-state index contributed by atoms with van der Waals surface area (Å²) in [6.45, 7) is 2.24. The lowest BCUT2D eigenvalue weighted by Crippen LogP contribution is -2.26. The van der Waals surface area contributed by atoms with Gasteiger partial charge < -0.3 is 10.1 Å². The van der Waals surface area contributed by atoms with Crippen molar-refractivity contribution in [1.29, 1.82) is 0 Å². The zero-order valence-electron chi connectivity index (χ0n) is 8.79. The van der Waals surface area contributed by atoms with E-state index in [4.69, 9.17) is 4.74 Å². The van der Waals surface area contributed by atoms with Crippen molar-refractivity contribution >= 4 is 5.97 Å². The van der Waals surface area contributed by atoms with E-state index in [1.54, 1.807) is 13.1 Å². The molecule has 0 aromatic rings. The molecule has 0 spiro atoms. The fraction of sp³-hybridized carbons (Fsp3) is 0.727. The summed E-state index contributed by atoms with van der Waals surface area (Å²) >= 11 is 0. The van der Waals surface area contributed by atoms with E-state index in [9.17, 15) is 4.79 Å². The van der Waals surface area contributed by atoms with Crippen LogP contribution in [0.3, 0.4) is 0 Å². The van der Waals surface area contributed by atoms with Gasteiger partial charge in [-0.3, -0.25) is 0 Å². The Morgan fingerprint density at radius 3 is 2.79 bits per heavy atom. The van der Waals surface area contributed by atoms with E-state index in [-0.39, 0.29) is 5.97 Å². The van der Waals surface area contributed by atoms with Gasteiger partial charge in [-0.2, -0.15) is 0 Å². The van der Waals surface area contributed by atoms with Crippen LogP contribution in [0.15, 0.2) is 12.3 Å². The van der Waals surface area contributed by atoms with Crippen LogP contribution in [0.25, 0.3) is 0 Å². The molecule has 0 aromatic heterocycles. The maximum absolute atomic E-state index is 10.9. The van der Waals surface area contributed by atoms with Gasteiger partial charge in [0.1, 0.15) is 0 Å². The third-order valence-corrected chi connectivity index (χ3v) is 2.44. The number of nitrogens with one attached hydrogen (secondary N) is 1. The normalized spacial score (nSPS) is 18.4. The van der Waals surface area contributed by atoms with Crippen molar-refractivity contribution in [1.82, 2.24) is 5.32 Å². The lowest BCUT2D eigenvalue weighted by atomic mass is 9.96. The first kappa shape index (κ1) is 11.1. The SMILES string of the molecule is CCOC(=O)/C=C\NC1CCCCC1. The van der Waals surface area contributed by atoms with Crippen LogP contribution >= 0.6 is 0 Å². The van der Waals surface area contributed by atoms with Crippen molar-refractivity contribution in [2.45, 2.75) is 45.1 Å². The molecule has 0 aromatic carbocycles. The Balaban J connectivity index is 2.14. The fourth-order valence-electron chi connectivity index (χ4n) is 1.71. The molecular weight excluding hydrogens is 178 g/mol. The highest BCUT2D eigenvalue weighted by Gasteiger charge is 2.10. The zero-order valence-corrected chi connectivity index (χ0v) is 8.79. The van der Waals surface area contributed by atoms with Gasteiger partial charge in [0.05, 0.1) is 6.61 Å². The van der Waals surface area contributed by atoms with E-state index in [1.807, 2.05) is 0 Å². The number of esters is 1. The molecule has 1 fully saturated rings. The Morgan fingerprint density at radius 2 is 2.14 bits per heavy atom. The van der Waals surface area contributed by atoms with Crippen LogP contribution in [0.4, 0.5) is 0 Å². The van der Waals surface area contributed by atoms with Crippen LogP contribution in [0.1, 0.15) is 39.0 Å². The quantitative estimate of drug-likeness (QED) is 0.553. The van der Waals surface area contributed by atoms with Gasteiger partial charge in [-0.25, -0.2) is 4.79 Å². The van der Waals surface area contributed by atoms with E-state index < -0.39 is 0 Å². The number of carbonyl (C=O) groups excluding carboxylic acids is 1. The third-order valence-electron chi connectivity index (χ3n) is 2.44. The number of hydrogen-bond donors (Lipinski definition) is 1. The molecule has 0 unspecified atom stereocenters. The van der Waals surface area contributed by atoms with Gasteiger partial charge in [-0.15, -0.1) is 0 Å². The second kappa shape index (κ2) is 6.46. The molecule has 1 saturated carbocycles. The molecule has 1 N–H and O–H groups in total. The van der Waals surface area contributed by atoms with Gasteiger partial charge in [-0.1, -0.05) is 19.3 Å². The molecule has 1 aliphatic rings. The van der Waals surface area contributed by atoms with Gasteiger partial charge >= 0.3 is 5.97 Å². The Kier molecular flexibility index (Phi) is 5.12. The molecule has 80 valence electrons. The first-order valence-electron chi connectivity index (χ1n) is 5.42. The van der Waals surface area contributed by atoms with E-state index >= 15 is 0 Å². The molecule has 0 heterocycles. The van der Waals surface area contributed by atoms with Gasteiger partial charge in [0.25, 0.3) is 0 Å². The summed E-state index contributed by atoms with van der Waals surface area (Å²) in [5, 5.41) is 3.23. The fourth-order valence-corrected chi connectivity index (χ4v) is 1.71. The maximum Gasteiger partial charge on any atom is 0.332 e. The number of ether oxygens (including phenoxy) is 1. The minimum absolute atomic E-state index is 0.268. The standard InChI is InChI=1S/C11H19NO2/c1-2-14-11(13)8-9-12-10-6-4-3-5-7-10/h8-10,12H,2-7H2,1H3/b9-8-. The molecule has 0 amide bonds. The first-order valence-corrected chi connectivity index (χ1v) is 5.42. The molecule has 14 heavy (non-hydrogen) atoms. The minimum atomic E-state index is -0.268. The lowest BCUT2D eigenvalue weighted by Gasteiger charge is -2.21. The summed E-state index contributed by atoms with van der Waals surface area (Å²) in [5.74, 6) is -0.268. The highest BCUT2D eigenvalue weighted by molar-refractivity contribution is 5.81. The molecule has 0 atom stereocenters. The molecule has 1 aliphatic carbocycles. The van der Waals surface area contributed by atoms with Crippen molar-refractivity contribution in [3.8, 4) is 0 Å². The average Bonchev–Trinajstić information content (AvgIpc) is 2.20. The van der Waals surface area contributed by atoms with Gasteiger partial charge in [-0.05, 0) is 19.8 Å². The van der Waals surface area contributed by atoms with Gasteiger partial charge in [0, 0.05) is 18.3 Å². The van der Waals surface area contributed by atoms with Crippen molar-refractivity contribution in [2.24, 2.45) is 0 Å². The smallest absolute Gasteiger partial charge is 0.332 e. The average molecular weight is 197 g/mol. The minimum Gasteiger partial charge on any atom is -0.463 e. The monoisotopic (exact) mass is 197 g/mol. The van der Waals surface area contributed by atoms with Crippen LogP contribution < -0.4 is 5.32 Å². The summed E-state index contributed by atoms with van der Waals surface area (Å²) in [5.41, 5.74) is 0. The summed E-state index contributed by atoms with van der Waals surface area (Å²) < 4.78 is 4.77. The lowest BCUT2D eigenvalue weighted by molar-refractivity contribution is -0.137. The molecule has 3 heteroatoms. The second-order valence-electron chi connectivity index (χ2n) is 3.59. The van der Waals surface area contributed by atoms with Crippen LogP contribution in [0.5, 0.6) is 0 Å². The van der Waals surface area contributed by atoms with Crippen molar-refractivity contribution < 1.29 is 9.53 Å². The molecule has 0 bridgehead atoms. The van der Waals surface area contributed by atoms with Crippen molar-refractivity contribution in [3.05, 3.63) is 12.3 Å². The molecule has 0 saturated heterocycles. The summed E-state index contributed by atoms with van der Waals surface area (Å²) in [6, 6.07) is 0.550. The Labute approximate surface area is 85.5 Å². The Bertz CT molecular complexity index is 195. The third kappa shape index (κ3) is 4.30. The van der Waals surface area contributed by atoms with Gasteiger partial charge in [0.2, 0.25) is 0 Å².